The molecule has 1 aliphatic rings. The molecule has 1 saturated heterocycles. The minimum absolute atomic E-state index is 0.0943. The largest absolute Gasteiger partial charge is 0.338 e. The average Bonchev–Trinajstić information content (AvgIpc) is 3.13. The number of nitrogens with zero attached hydrogens (tertiary/aromatic N) is 4. The van der Waals surface area contributed by atoms with Crippen LogP contribution in [-0.2, 0) is 10.0 Å². The number of pyridine rings is 1. The molecule has 8 nitrogen and oxygen atoms in total. The van der Waals surface area contributed by atoms with Crippen LogP contribution in [0.5, 0.6) is 0 Å². The fourth-order valence-corrected chi connectivity index (χ4v) is 3.91. The van der Waals surface area contributed by atoms with Crippen molar-refractivity contribution in [3.05, 3.63) is 41.9 Å². The summed E-state index contributed by atoms with van der Waals surface area (Å²) in [7, 11) is -3.52. The molecule has 1 atom stereocenters. The summed E-state index contributed by atoms with van der Waals surface area (Å²) in [5.74, 6) is 0.285. The standard InChI is InChI=1S/C15H19N5O3S/c1-11-13(8-18-20(11)14-4-2-3-6-17-14)15(21)19-7-5-12(9-19)10-24(16,22)23/h2-4,6,8,12H,5,7,9-10H2,1H3,(H2,16,22,23). The van der Waals surface area contributed by atoms with Gasteiger partial charge in [-0.2, -0.15) is 5.10 Å². The molecule has 2 aromatic rings. The van der Waals surface area contributed by atoms with Crippen molar-refractivity contribution < 1.29 is 13.2 Å². The van der Waals surface area contributed by atoms with Gasteiger partial charge in [-0.1, -0.05) is 6.07 Å². The highest BCUT2D eigenvalue weighted by Crippen LogP contribution is 2.21. The van der Waals surface area contributed by atoms with Gasteiger partial charge < -0.3 is 4.90 Å². The molecule has 3 rings (SSSR count). The first-order valence-corrected chi connectivity index (χ1v) is 9.32. The summed E-state index contributed by atoms with van der Waals surface area (Å²) < 4.78 is 24.0. The quantitative estimate of drug-likeness (QED) is 0.855. The zero-order valence-corrected chi connectivity index (χ0v) is 14.1. The van der Waals surface area contributed by atoms with Gasteiger partial charge in [-0.25, -0.2) is 23.2 Å². The predicted molar refractivity (Wildman–Crippen MR) is 88.1 cm³/mol. The monoisotopic (exact) mass is 349 g/mol. The average molecular weight is 349 g/mol. The van der Waals surface area contributed by atoms with Gasteiger partial charge in [-0.3, -0.25) is 4.79 Å². The van der Waals surface area contributed by atoms with E-state index in [2.05, 4.69) is 10.1 Å². The van der Waals surface area contributed by atoms with Crippen LogP contribution in [0.25, 0.3) is 5.82 Å². The second-order valence-corrected chi connectivity index (χ2v) is 7.64. The molecule has 24 heavy (non-hydrogen) atoms. The number of carbonyl (C=O) groups excluding carboxylic acids is 1. The Morgan fingerprint density at radius 1 is 1.42 bits per heavy atom. The van der Waals surface area contributed by atoms with E-state index in [-0.39, 0.29) is 17.6 Å². The third-order valence-electron chi connectivity index (χ3n) is 4.15. The molecule has 3 heterocycles. The van der Waals surface area contributed by atoms with Crippen LogP contribution in [-0.4, -0.2) is 52.8 Å². The van der Waals surface area contributed by atoms with Crippen molar-refractivity contribution in [3.63, 3.8) is 0 Å². The molecule has 9 heteroatoms. The minimum atomic E-state index is -3.52. The highest BCUT2D eigenvalue weighted by Gasteiger charge is 2.30. The van der Waals surface area contributed by atoms with Crippen molar-refractivity contribution >= 4 is 15.9 Å². The Labute approximate surface area is 140 Å². The second-order valence-electron chi connectivity index (χ2n) is 5.98. The van der Waals surface area contributed by atoms with E-state index < -0.39 is 10.0 Å². The summed E-state index contributed by atoms with van der Waals surface area (Å²) in [5.41, 5.74) is 1.20. The molecule has 1 amide bonds. The van der Waals surface area contributed by atoms with Crippen molar-refractivity contribution in [2.24, 2.45) is 11.1 Å². The van der Waals surface area contributed by atoms with Crippen LogP contribution in [0.4, 0.5) is 0 Å². The Hall–Kier alpha value is -2.26. The van der Waals surface area contributed by atoms with Crippen LogP contribution in [0, 0.1) is 12.8 Å². The fourth-order valence-electron chi connectivity index (χ4n) is 2.98. The van der Waals surface area contributed by atoms with Crippen molar-refractivity contribution in [3.8, 4) is 5.82 Å². The first-order valence-electron chi connectivity index (χ1n) is 7.61. The zero-order valence-electron chi connectivity index (χ0n) is 13.3. The van der Waals surface area contributed by atoms with Gasteiger partial charge in [0.2, 0.25) is 10.0 Å². The molecule has 1 unspecified atom stereocenters. The molecule has 2 N–H and O–H groups in total. The molecule has 0 aliphatic carbocycles. The molecule has 1 fully saturated rings. The lowest BCUT2D eigenvalue weighted by molar-refractivity contribution is 0.0787. The van der Waals surface area contributed by atoms with Gasteiger partial charge in [0.05, 0.1) is 23.2 Å². The van der Waals surface area contributed by atoms with E-state index in [4.69, 9.17) is 5.14 Å². The first-order chi connectivity index (χ1) is 11.3. The third-order valence-corrected chi connectivity index (χ3v) is 5.08. The van der Waals surface area contributed by atoms with Crippen molar-refractivity contribution in [1.29, 1.82) is 0 Å². The summed E-state index contributed by atoms with van der Waals surface area (Å²) in [6.07, 6.45) is 3.82. The Morgan fingerprint density at radius 2 is 2.21 bits per heavy atom. The van der Waals surface area contributed by atoms with Gasteiger partial charge in [0.25, 0.3) is 5.91 Å². The molecule has 0 spiro atoms. The highest BCUT2D eigenvalue weighted by atomic mass is 32.2. The van der Waals surface area contributed by atoms with E-state index in [0.29, 0.717) is 36.6 Å². The van der Waals surface area contributed by atoms with E-state index in [1.54, 1.807) is 15.8 Å². The number of amides is 1. The topological polar surface area (TPSA) is 111 Å². The molecular weight excluding hydrogens is 330 g/mol. The van der Waals surface area contributed by atoms with E-state index in [1.165, 1.54) is 6.20 Å². The van der Waals surface area contributed by atoms with Crippen LogP contribution in [0.15, 0.2) is 30.6 Å². The van der Waals surface area contributed by atoms with Gasteiger partial charge in [-0.15, -0.1) is 0 Å². The highest BCUT2D eigenvalue weighted by molar-refractivity contribution is 7.89. The maximum atomic E-state index is 12.7. The molecule has 0 aromatic carbocycles. The van der Waals surface area contributed by atoms with Gasteiger partial charge in [0, 0.05) is 19.3 Å². The Bertz CT molecular complexity index is 847. The minimum Gasteiger partial charge on any atom is -0.338 e. The molecular formula is C15H19N5O3S. The summed E-state index contributed by atoms with van der Waals surface area (Å²) in [6, 6.07) is 5.47. The van der Waals surface area contributed by atoms with Crippen LogP contribution in [0.3, 0.4) is 0 Å². The number of hydrogen-bond donors (Lipinski definition) is 1. The lowest BCUT2D eigenvalue weighted by Gasteiger charge is -2.16. The van der Waals surface area contributed by atoms with Gasteiger partial charge >= 0.3 is 0 Å². The smallest absolute Gasteiger partial charge is 0.257 e. The first kappa shape index (κ1) is 16.6. The van der Waals surface area contributed by atoms with E-state index >= 15 is 0 Å². The van der Waals surface area contributed by atoms with Crippen LogP contribution in [0.1, 0.15) is 22.5 Å². The number of carbonyl (C=O) groups is 1. The van der Waals surface area contributed by atoms with Crippen LogP contribution >= 0.6 is 0 Å². The predicted octanol–water partition coefficient (Wildman–Crippen LogP) is 0.326. The van der Waals surface area contributed by atoms with E-state index in [9.17, 15) is 13.2 Å². The maximum absolute atomic E-state index is 12.7. The number of likely N-dealkylation sites (tertiary alicyclic amines) is 1. The van der Waals surface area contributed by atoms with E-state index in [1.807, 2.05) is 25.1 Å². The zero-order chi connectivity index (χ0) is 17.3. The number of hydrogen-bond acceptors (Lipinski definition) is 5. The molecule has 0 radical (unpaired) electrons. The van der Waals surface area contributed by atoms with Crippen molar-refractivity contribution in [1.82, 2.24) is 19.7 Å². The van der Waals surface area contributed by atoms with Crippen molar-refractivity contribution in [2.75, 3.05) is 18.8 Å². The molecule has 2 aromatic heterocycles. The molecule has 128 valence electrons. The van der Waals surface area contributed by atoms with E-state index in [0.717, 1.165) is 0 Å². The summed E-state index contributed by atoms with van der Waals surface area (Å²) in [6.45, 7) is 2.73. The number of rotatable bonds is 4. The van der Waals surface area contributed by atoms with Gasteiger partial charge in [0.1, 0.15) is 0 Å². The summed E-state index contributed by atoms with van der Waals surface area (Å²) in [5, 5.41) is 9.34. The maximum Gasteiger partial charge on any atom is 0.257 e. The SMILES string of the molecule is Cc1c(C(=O)N2CCC(CS(N)(=O)=O)C2)cnn1-c1ccccn1. The summed E-state index contributed by atoms with van der Waals surface area (Å²) in [4.78, 5) is 18.6. The number of sulfonamides is 1. The normalized spacial score (nSPS) is 18.1. The Kier molecular flexibility index (Phi) is 4.37. The Morgan fingerprint density at radius 3 is 2.88 bits per heavy atom. The fraction of sp³-hybridized carbons (Fsp3) is 0.400. The second kappa shape index (κ2) is 6.33. The summed E-state index contributed by atoms with van der Waals surface area (Å²) >= 11 is 0. The Balaban J connectivity index is 1.76. The third kappa shape index (κ3) is 3.46. The van der Waals surface area contributed by atoms with Crippen molar-refractivity contribution in [2.45, 2.75) is 13.3 Å². The number of primary sulfonamides is 1. The number of nitrogens with two attached hydrogens (primary N) is 1. The van der Waals surface area contributed by atoms with Gasteiger partial charge in [-0.05, 0) is 31.4 Å². The van der Waals surface area contributed by atoms with Crippen LogP contribution in [0.2, 0.25) is 0 Å². The lowest BCUT2D eigenvalue weighted by Crippen LogP contribution is -2.31. The van der Waals surface area contributed by atoms with Gasteiger partial charge in [0.15, 0.2) is 5.82 Å². The van der Waals surface area contributed by atoms with Crippen LogP contribution < -0.4 is 5.14 Å². The number of aromatic nitrogens is 3. The molecule has 0 saturated carbocycles. The molecule has 0 bridgehead atoms. The molecule has 1 aliphatic heterocycles. The lowest BCUT2D eigenvalue weighted by atomic mass is 10.2.